The van der Waals surface area contributed by atoms with Crippen LogP contribution in [0.15, 0.2) is 18.2 Å². The predicted molar refractivity (Wildman–Crippen MR) is 71.2 cm³/mol. The van der Waals surface area contributed by atoms with Crippen LogP contribution >= 0.6 is 0 Å². The van der Waals surface area contributed by atoms with E-state index in [1.165, 1.54) is 4.90 Å². The third-order valence-electron chi connectivity index (χ3n) is 3.37. The quantitative estimate of drug-likeness (QED) is 0.667. The highest BCUT2D eigenvalue weighted by Crippen LogP contribution is 2.18. The lowest BCUT2D eigenvalue weighted by Crippen LogP contribution is -2.48. The minimum atomic E-state index is -0.821. The van der Waals surface area contributed by atoms with Crippen molar-refractivity contribution in [2.24, 2.45) is 0 Å². The first-order valence-corrected chi connectivity index (χ1v) is 6.37. The maximum atomic E-state index is 13.6. The highest BCUT2D eigenvalue weighted by Gasteiger charge is 2.25. The van der Waals surface area contributed by atoms with Crippen molar-refractivity contribution in [3.05, 3.63) is 39.7 Å². The van der Waals surface area contributed by atoms with Crippen LogP contribution in [0.2, 0.25) is 0 Å². The van der Waals surface area contributed by atoms with Gasteiger partial charge in [-0.2, -0.15) is 0 Å². The van der Waals surface area contributed by atoms with Gasteiger partial charge >= 0.3 is 0 Å². The zero-order valence-electron chi connectivity index (χ0n) is 11.3. The Morgan fingerprint density at radius 3 is 2.86 bits per heavy atom. The smallest absolute Gasteiger partial charge is 0.270 e. The summed E-state index contributed by atoms with van der Waals surface area (Å²) < 4.78 is 13.6. The van der Waals surface area contributed by atoms with Crippen LogP contribution in [0.5, 0.6) is 0 Å². The molecule has 1 N–H and O–H groups in total. The summed E-state index contributed by atoms with van der Waals surface area (Å²) in [5.74, 6) is -1.55. The monoisotopic (exact) mass is 295 g/mol. The third-order valence-corrected chi connectivity index (χ3v) is 3.37. The number of non-ortho nitro benzene ring substituents is 1. The van der Waals surface area contributed by atoms with Crippen LogP contribution in [0.1, 0.15) is 23.2 Å². The molecule has 2 amide bonds. The fourth-order valence-electron chi connectivity index (χ4n) is 2.19. The molecule has 1 saturated heterocycles. The molecular formula is C13H14FN3O4. The Labute approximate surface area is 119 Å². The van der Waals surface area contributed by atoms with Crippen molar-refractivity contribution in [2.45, 2.75) is 18.9 Å². The highest BCUT2D eigenvalue weighted by atomic mass is 19.1. The summed E-state index contributed by atoms with van der Waals surface area (Å²) in [5.41, 5.74) is -0.721. The SMILES string of the molecule is CN1CC(NC(=O)c2cc([N+](=O)[O-])ccc2F)CCC1=O. The summed E-state index contributed by atoms with van der Waals surface area (Å²) in [6.45, 7) is 0.334. The van der Waals surface area contributed by atoms with Gasteiger partial charge in [0.15, 0.2) is 0 Å². The van der Waals surface area contributed by atoms with E-state index in [1.807, 2.05) is 0 Å². The van der Waals surface area contributed by atoms with Gasteiger partial charge in [0.2, 0.25) is 5.91 Å². The second-order valence-electron chi connectivity index (χ2n) is 4.90. The lowest BCUT2D eigenvalue weighted by molar-refractivity contribution is -0.384. The molecule has 0 bridgehead atoms. The largest absolute Gasteiger partial charge is 0.347 e. The van der Waals surface area contributed by atoms with Crippen molar-refractivity contribution in [3.63, 3.8) is 0 Å². The van der Waals surface area contributed by atoms with E-state index in [2.05, 4.69) is 5.32 Å². The van der Waals surface area contributed by atoms with Crippen molar-refractivity contribution < 1.29 is 18.9 Å². The molecule has 0 radical (unpaired) electrons. The maximum Gasteiger partial charge on any atom is 0.270 e. The Bertz CT molecular complexity index is 605. The molecule has 0 aromatic heterocycles. The molecule has 1 aromatic carbocycles. The van der Waals surface area contributed by atoms with E-state index in [-0.39, 0.29) is 23.2 Å². The molecule has 1 heterocycles. The van der Waals surface area contributed by atoms with Gasteiger partial charge in [-0.25, -0.2) is 4.39 Å². The number of carbonyl (C=O) groups excluding carboxylic acids is 2. The van der Waals surface area contributed by atoms with Crippen LogP contribution in [-0.2, 0) is 4.79 Å². The zero-order valence-corrected chi connectivity index (χ0v) is 11.3. The van der Waals surface area contributed by atoms with Crippen LogP contribution in [-0.4, -0.2) is 41.3 Å². The number of halogens is 1. The van der Waals surface area contributed by atoms with Gasteiger partial charge in [0, 0.05) is 38.2 Å². The van der Waals surface area contributed by atoms with Gasteiger partial charge in [-0.15, -0.1) is 0 Å². The third kappa shape index (κ3) is 3.33. The number of likely N-dealkylation sites (tertiary alicyclic amines) is 1. The normalized spacial score (nSPS) is 18.5. The summed E-state index contributed by atoms with van der Waals surface area (Å²) in [6.07, 6.45) is 0.768. The van der Waals surface area contributed by atoms with E-state index in [0.717, 1.165) is 18.2 Å². The lowest BCUT2D eigenvalue weighted by atomic mass is 10.0. The molecule has 112 valence electrons. The Balaban J connectivity index is 2.11. The van der Waals surface area contributed by atoms with Gasteiger partial charge in [-0.3, -0.25) is 19.7 Å². The van der Waals surface area contributed by atoms with Gasteiger partial charge in [0.1, 0.15) is 5.82 Å². The zero-order chi connectivity index (χ0) is 15.6. The van der Waals surface area contributed by atoms with E-state index >= 15 is 0 Å². The topological polar surface area (TPSA) is 92.6 Å². The van der Waals surface area contributed by atoms with Crippen molar-refractivity contribution in [1.29, 1.82) is 0 Å². The summed E-state index contributed by atoms with van der Waals surface area (Å²) in [5, 5.41) is 13.3. The van der Waals surface area contributed by atoms with Crippen molar-refractivity contribution >= 4 is 17.5 Å². The van der Waals surface area contributed by atoms with Crippen molar-refractivity contribution in [3.8, 4) is 0 Å². The molecule has 8 heteroatoms. The summed E-state index contributed by atoms with van der Waals surface area (Å²) in [4.78, 5) is 34.8. The van der Waals surface area contributed by atoms with Gasteiger partial charge in [0.25, 0.3) is 11.6 Å². The van der Waals surface area contributed by atoms with Gasteiger partial charge in [-0.05, 0) is 12.5 Å². The molecule has 1 aliphatic rings. The number of amides is 2. The van der Waals surface area contributed by atoms with Crippen LogP contribution in [0.25, 0.3) is 0 Å². The number of piperidine rings is 1. The fraction of sp³-hybridized carbons (Fsp3) is 0.385. The molecule has 1 unspecified atom stereocenters. The highest BCUT2D eigenvalue weighted by molar-refractivity contribution is 5.95. The van der Waals surface area contributed by atoms with E-state index in [1.54, 1.807) is 7.05 Å². The van der Waals surface area contributed by atoms with Gasteiger partial charge in [-0.1, -0.05) is 0 Å². The lowest BCUT2D eigenvalue weighted by Gasteiger charge is -2.30. The van der Waals surface area contributed by atoms with Crippen molar-refractivity contribution in [1.82, 2.24) is 10.2 Å². The van der Waals surface area contributed by atoms with Crippen LogP contribution in [0.4, 0.5) is 10.1 Å². The minimum Gasteiger partial charge on any atom is -0.347 e. The maximum absolute atomic E-state index is 13.6. The minimum absolute atomic E-state index is 0.0120. The Kier molecular flexibility index (Phi) is 4.15. The van der Waals surface area contributed by atoms with E-state index in [4.69, 9.17) is 0 Å². The number of benzene rings is 1. The van der Waals surface area contributed by atoms with Crippen molar-refractivity contribution in [2.75, 3.05) is 13.6 Å². The van der Waals surface area contributed by atoms with Crippen LogP contribution < -0.4 is 5.32 Å². The number of nitro benzene ring substituents is 1. The number of hydrogen-bond acceptors (Lipinski definition) is 4. The Morgan fingerprint density at radius 2 is 2.24 bits per heavy atom. The number of rotatable bonds is 3. The average molecular weight is 295 g/mol. The number of nitrogens with one attached hydrogen (secondary N) is 1. The number of hydrogen-bond donors (Lipinski definition) is 1. The Morgan fingerprint density at radius 1 is 1.52 bits per heavy atom. The van der Waals surface area contributed by atoms with E-state index in [0.29, 0.717) is 19.4 Å². The summed E-state index contributed by atoms with van der Waals surface area (Å²) in [6, 6.07) is 2.50. The predicted octanol–water partition coefficient (Wildman–Crippen LogP) is 1.08. The molecule has 0 aliphatic carbocycles. The second kappa shape index (κ2) is 5.86. The first-order chi connectivity index (χ1) is 9.88. The molecule has 1 fully saturated rings. The van der Waals surface area contributed by atoms with E-state index in [9.17, 15) is 24.1 Å². The fourth-order valence-corrected chi connectivity index (χ4v) is 2.19. The molecular weight excluding hydrogens is 281 g/mol. The molecule has 2 rings (SSSR count). The van der Waals surface area contributed by atoms with E-state index < -0.39 is 16.6 Å². The molecule has 0 spiro atoms. The Hall–Kier alpha value is -2.51. The molecule has 21 heavy (non-hydrogen) atoms. The molecule has 1 aliphatic heterocycles. The number of carbonyl (C=O) groups is 2. The molecule has 0 saturated carbocycles. The number of likely N-dealkylation sites (N-methyl/N-ethyl adjacent to an activating group) is 1. The molecule has 7 nitrogen and oxygen atoms in total. The van der Waals surface area contributed by atoms with Crippen LogP contribution in [0.3, 0.4) is 0 Å². The summed E-state index contributed by atoms with van der Waals surface area (Å²) in [7, 11) is 1.62. The van der Waals surface area contributed by atoms with Crippen LogP contribution in [0, 0.1) is 15.9 Å². The van der Waals surface area contributed by atoms with Gasteiger partial charge in [0.05, 0.1) is 10.5 Å². The summed E-state index contributed by atoms with van der Waals surface area (Å²) >= 11 is 0. The second-order valence-corrected chi connectivity index (χ2v) is 4.90. The first-order valence-electron chi connectivity index (χ1n) is 6.37. The van der Waals surface area contributed by atoms with Gasteiger partial charge < -0.3 is 10.2 Å². The standard InChI is InChI=1S/C13H14FN3O4/c1-16-7-8(2-5-12(16)18)15-13(19)10-6-9(17(20)21)3-4-11(10)14/h3-4,6,8H,2,5,7H2,1H3,(H,15,19). The molecule has 1 aromatic rings. The number of nitrogens with zero attached hydrogens (tertiary/aromatic N) is 2. The average Bonchev–Trinajstić information content (AvgIpc) is 2.43. The molecule has 1 atom stereocenters. The first kappa shape index (κ1) is 14.9. The number of nitro groups is 1.